The summed E-state index contributed by atoms with van der Waals surface area (Å²) in [6.45, 7) is 3.34. The third-order valence-electron chi connectivity index (χ3n) is 1.75. The van der Waals surface area contributed by atoms with Crippen LogP contribution in [0.4, 0.5) is 0 Å². The molecule has 0 rings (SSSR count). The predicted molar refractivity (Wildman–Crippen MR) is 50.0 cm³/mol. The summed E-state index contributed by atoms with van der Waals surface area (Å²) in [6, 6.07) is 0. The molecule has 0 bridgehead atoms. The van der Waals surface area contributed by atoms with E-state index < -0.39 is 6.23 Å². The first-order valence-electron chi connectivity index (χ1n) is 4.74. The molecule has 74 valence electrons. The van der Waals surface area contributed by atoms with Crippen molar-refractivity contribution in [2.75, 3.05) is 20.3 Å². The number of likely N-dealkylation sites (N-methyl/N-ethyl adjacent to an activating group) is 1. The number of nitrogens with one attached hydrogen (secondary N) is 1. The molecule has 0 heterocycles. The third-order valence-corrected chi connectivity index (χ3v) is 1.75. The summed E-state index contributed by atoms with van der Waals surface area (Å²) in [4.78, 5) is 0. The van der Waals surface area contributed by atoms with Crippen molar-refractivity contribution < 1.29 is 9.84 Å². The lowest BCUT2D eigenvalue weighted by Gasteiger charge is -2.09. The van der Waals surface area contributed by atoms with E-state index >= 15 is 0 Å². The highest BCUT2D eigenvalue weighted by Gasteiger charge is 1.97. The maximum Gasteiger partial charge on any atom is 0.128 e. The normalized spacial score (nSPS) is 13.2. The molecule has 0 aromatic heterocycles. The van der Waals surface area contributed by atoms with Gasteiger partial charge in [0, 0.05) is 6.61 Å². The molecule has 0 aliphatic rings. The quantitative estimate of drug-likeness (QED) is 0.429. The van der Waals surface area contributed by atoms with Crippen LogP contribution < -0.4 is 5.32 Å². The van der Waals surface area contributed by atoms with Crippen LogP contribution in [-0.2, 0) is 4.74 Å². The smallest absolute Gasteiger partial charge is 0.128 e. The van der Waals surface area contributed by atoms with E-state index in [0.29, 0.717) is 6.61 Å². The summed E-state index contributed by atoms with van der Waals surface area (Å²) >= 11 is 0. The Kier molecular flexibility index (Phi) is 8.88. The van der Waals surface area contributed by atoms with Crippen molar-refractivity contribution >= 4 is 0 Å². The van der Waals surface area contributed by atoms with E-state index in [-0.39, 0.29) is 0 Å². The van der Waals surface area contributed by atoms with Gasteiger partial charge in [-0.25, -0.2) is 0 Å². The van der Waals surface area contributed by atoms with Crippen molar-refractivity contribution in [1.82, 2.24) is 5.32 Å². The van der Waals surface area contributed by atoms with Gasteiger partial charge in [-0.1, -0.05) is 26.2 Å². The second kappa shape index (κ2) is 8.97. The van der Waals surface area contributed by atoms with Gasteiger partial charge in [0.15, 0.2) is 0 Å². The second-order valence-electron chi connectivity index (χ2n) is 2.94. The Bertz CT molecular complexity index is 88.6. The van der Waals surface area contributed by atoms with Crippen molar-refractivity contribution in [3.8, 4) is 0 Å². The Hall–Kier alpha value is -0.120. The van der Waals surface area contributed by atoms with Gasteiger partial charge in [0.1, 0.15) is 6.23 Å². The molecule has 3 nitrogen and oxygen atoms in total. The van der Waals surface area contributed by atoms with Crippen LogP contribution in [0.3, 0.4) is 0 Å². The van der Waals surface area contributed by atoms with Gasteiger partial charge < -0.3 is 9.84 Å². The first kappa shape index (κ1) is 11.9. The van der Waals surface area contributed by atoms with Gasteiger partial charge in [-0.2, -0.15) is 0 Å². The number of hydrogen-bond acceptors (Lipinski definition) is 3. The van der Waals surface area contributed by atoms with Gasteiger partial charge in [0.05, 0.1) is 6.61 Å². The lowest BCUT2D eigenvalue weighted by molar-refractivity contribution is 0.0217. The molecule has 0 saturated carbocycles. The Labute approximate surface area is 75.1 Å². The maximum absolute atomic E-state index is 9.02. The van der Waals surface area contributed by atoms with Crippen LogP contribution in [0.15, 0.2) is 0 Å². The number of aliphatic hydroxyl groups excluding tert-OH is 1. The molecule has 0 aromatic carbocycles. The van der Waals surface area contributed by atoms with E-state index in [0.717, 1.165) is 13.0 Å². The molecule has 2 N–H and O–H groups in total. The molecule has 1 atom stereocenters. The lowest BCUT2D eigenvalue weighted by atomic mass is 10.2. The van der Waals surface area contributed by atoms with Crippen LogP contribution in [0.1, 0.15) is 32.6 Å². The number of unbranched alkanes of at least 4 members (excludes halogenated alkanes) is 3. The van der Waals surface area contributed by atoms with Crippen LogP contribution in [0.5, 0.6) is 0 Å². The third kappa shape index (κ3) is 7.98. The molecule has 1 unspecified atom stereocenters. The van der Waals surface area contributed by atoms with Crippen molar-refractivity contribution in [2.24, 2.45) is 0 Å². The number of aliphatic hydroxyl groups is 1. The maximum atomic E-state index is 9.02. The highest BCUT2D eigenvalue weighted by Crippen LogP contribution is 1.98. The van der Waals surface area contributed by atoms with Gasteiger partial charge in [0.2, 0.25) is 0 Å². The summed E-state index contributed by atoms with van der Waals surface area (Å²) in [5.41, 5.74) is 0. The molecule has 12 heavy (non-hydrogen) atoms. The zero-order valence-electron chi connectivity index (χ0n) is 8.18. The van der Waals surface area contributed by atoms with Crippen LogP contribution in [-0.4, -0.2) is 31.6 Å². The van der Waals surface area contributed by atoms with Crippen molar-refractivity contribution in [3.05, 3.63) is 0 Å². The molecule has 0 aromatic rings. The minimum absolute atomic E-state index is 0.391. The van der Waals surface area contributed by atoms with E-state index in [1.165, 1.54) is 19.3 Å². The minimum Gasteiger partial charge on any atom is -0.377 e. The van der Waals surface area contributed by atoms with Crippen LogP contribution >= 0.6 is 0 Å². The minimum atomic E-state index is -0.517. The average Bonchev–Trinajstić information content (AvgIpc) is 2.10. The number of hydrogen-bond donors (Lipinski definition) is 2. The summed E-state index contributed by atoms with van der Waals surface area (Å²) in [5.74, 6) is 0. The zero-order chi connectivity index (χ0) is 9.23. The first-order chi connectivity index (χ1) is 5.81. The van der Waals surface area contributed by atoms with E-state index in [9.17, 15) is 0 Å². The fourth-order valence-corrected chi connectivity index (χ4v) is 0.909. The first-order valence-corrected chi connectivity index (χ1v) is 4.74. The molecule has 0 aliphatic heterocycles. The zero-order valence-corrected chi connectivity index (χ0v) is 8.18. The second-order valence-corrected chi connectivity index (χ2v) is 2.94. The fourth-order valence-electron chi connectivity index (χ4n) is 0.909. The highest BCUT2D eigenvalue weighted by molar-refractivity contribution is 4.45. The molecule has 0 saturated heterocycles. The summed E-state index contributed by atoms with van der Waals surface area (Å²) in [5, 5.41) is 11.7. The molecular weight excluding hydrogens is 154 g/mol. The van der Waals surface area contributed by atoms with E-state index in [1.807, 2.05) is 0 Å². The van der Waals surface area contributed by atoms with E-state index in [1.54, 1.807) is 7.05 Å². The Morgan fingerprint density at radius 1 is 1.33 bits per heavy atom. The highest BCUT2D eigenvalue weighted by atomic mass is 16.5. The number of ether oxygens (including phenoxy) is 1. The molecule has 0 fully saturated rings. The van der Waals surface area contributed by atoms with Crippen LogP contribution in [0.2, 0.25) is 0 Å². The summed E-state index contributed by atoms with van der Waals surface area (Å²) in [6.07, 6.45) is 4.34. The van der Waals surface area contributed by atoms with Crippen molar-refractivity contribution in [1.29, 1.82) is 0 Å². The Morgan fingerprint density at radius 3 is 2.67 bits per heavy atom. The fraction of sp³-hybridized carbons (Fsp3) is 1.00. The van der Waals surface area contributed by atoms with Crippen LogP contribution in [0.25, 0.3) is 0 Å². The number of rotatable bonds is 8. The SMILES string of the molecule is CCCCCCOCC(O)NC. The largest absolute Gasteiger partial charge is 0.377 e. The summed E-state index contributed by atoms with van der Waals surface area (Å²) < 4.78 is 5.22. The standard InChI is InChI=1S/C9H21NO2/c1-3-4-5-6-7-12-8-9(11)10-2/h9-11H,3-8H2,1-2H3. The van der Waals surface area contributed by atoms with E-state index in [2.05, 4.69) is 12.2 Å². The lowest BCUT2D eigenvalue weighted by Crippen LogP contribution is -2.29. The van der Waals surface area contributed by atoms with Gasteiger partial charge in [0.25, 0.3) is 0 Å². The van der Waals surface area contributed by atoms with Crippen molar-refractivity contribution in [3.63, 3.8) is 0 Å². The summed E-state index contributed by atoms with van der Waals surface area (Å²) in [7, 11) is 1.71. The Balaban J connectivity index is 2.90. The monoisotopic (exact) mass is 175 g/mol. The molecule has 0 spiro atoms. The van der Waals surface area contributed by atoms with Gasteiger partial charge in [-0.05, 0) is 13.5 Å². The predicted octanol–water partition coefficient (Wildman–Crippen LogP) is 1.12. The molecule has 0 radical (unpaired) electrons. The van der Waals surface area contributed by atoms with Crippen LogP contribution in [0, 0.1) is 0 Å². The van der Waals surface area contributed by atoms with Gasteiger partial charge in [-0.3, -0.25) is 5.32 Å². The average molecular weight is 175 g/mol. The topological polar surface area (TPSA) is 41.5 Å². The molecule has 0 amide bonds. The van der Waals surface area contributed by atoms with E-state index in [4.69, 9.17) is 9.84 Å². The van der Waals surface area contributed by atoms with Gasteiger partial charge in [-0.15, -0.1) is 0 Å². The van der Waals surface area contributed by atoms with Crippen molar-refractivity contribution in [2.45, 2.75) is 38.8 Å². The molecular formula is C9H21NO2. The molecule has 3 heteroatoms. The Morgan fingerprint density at radius 2 is 2.08 bits per heavy atom. The van der Waals surface area contributed by atoms with Gasteiger partial charge >= 0.3 is 0 Å². The molecule has 0 aliphatic carbocycles.